The molecule has 1 aliphatic rings. The van der Waals surface area contributed by atoms with Crippen LogP contribution < -0.4 is 19.7 Å². The van der Waals surface area contributed by atoms with Crippen LogP contribution in [0.25, 0.3) is 0 Å². The molecule has 0 radical (unpaired) electrons. The largest absolute Gasteiger partial charge is 0.484 e. The molecular formula is C25H23ClN2O4. The smallest absolute Gasteiger partial charge is 0.265 e. The molecule has 0 fully saturated rings. The molecule has 6 nitrogen and oxygen atoms in total. The minimum atomic E-state index is -0.307. The molecule has 0 aromatic heterocycles. The lowest BCUT2D eigenvalue weighted by atomic mass is 10.1. The van der Waals surface area contributed by atoms with Crippen molar-refractivity contribution in [1.82, 2.24) is 0 Å². The maximum absolute atomic E-state index is 12.5. The molecule has 0 spiro atoms. The van der Waals surface area contributed by atoms with Gasteiger partial charge in [-0.25, -0.2) is 0 Å². The molecular weight excluding hydrogens is 428 g/mol. The quantitative estimate of drug-likeness (QED) is 0.539. The minimum Gasteiger partial charge on any atom is -0.484 e. The van der Waals surface area contributed by atoms with Crippen LogP contribution in [0.2, 0.25) is 5.02 Å². The fourth-order valence-electron chi connectivity index (χ4n) is 3.49. The van der Waals surface area contributed by atoms with Gasteiger partial charge in [-0.05, 0) is 60.9 Å². The summed E-state index contributed by atoms with van der Waals surface area (Å²) in [6.45, 7) is 0.440. The number of benzene rings is 3. The van der Waals surface area contributed by atoms with Gasteiger partial charge in [0.15, 0.2) is 13.2 Å². The number of nitrogens with one attached hydrogen (secondary N) is 1. The van der Waals surface area contributed by atoms with E-state index in [4.69, 9.17) is 21.1 Å². The second-order valence-corrected chi connectivity index (χ2v) is 7.83. The number of amides is 2. The van der Waals surface area contributed by atoms with E-state index in [9.17, 15) is 9.59 Å². The Kier molecular flexibility index (Phi) is 6.92. The van der Waals surface area contributed by atoms with Gasteiger partial charge in [0.25, 0.3) is 11.8 Å². The van der Waals surface area contributed by atoms with Crippen LogP contribution in [-0.2, 0) is 16.0 Å². The molecule has 0 unspecified atom stereocenters. The fourth-order valence-corrected chi connectivity index (χ4v) is 3.61. The molecule has 1 heterocycles. The van der Waals surface area contributed by atoms with Crippen LogP contribution in [0, 0.1) is 0 Å². The number of halogens is 1. The number of ether oxygens (including phenoxy) is 2. The number of nitrogens with zero attached hydrogens (tertiary/aromatic N) is 1. The summed E-state index contributed by atoms with van der Waals surface area (Å²) in [5.41, 5.74) is 2.46. The standard InChI is InChI=1S/C25H23ClN2O4/c26-19-8-11-21(12-9-19)31-16-24(29)27-20-10-13-23-22(15-20)28(25(30)17-32-23)14-4-7-18-5-2-1-3-6-18/h1-3,5-6,8-13,15H,4,7,14,16-17H2,(H,27,29). The minimum absolute atomic E-state index is 0.0129. The van der Waals surface area contributed by atoms with Gasteiger partial charge in [0, 0.05) is 17.3 Å². The Bertz CT molecular complexity index is 1090. The van der Waals surface area contributed by atoms with Crippen LogP contribution in [0.4, 0.5) is 11.4 Å². The van der Waals surface area contributed by atoms with Crippen molar-refractivity contribution < 1.29 is 19.1 Å². The third-order valence-electron chi connectivity index (χ3n) is 5.06. The average Bonchev–Trinajstić information content (AvgIpc) is 2.81. The van der Waals surface area contributed by atoms with Gasteiger partial charge in [-0.2, -0.15) is 0 Å². The second-order valence-electron chi connectivity index (χ2n) is 7.40. The van der Waals surface area contributed by atoms with E-state index in [2.05, 4.69) is 17.4 Å². The zero-order valence-electron chi connectivity index (χ0n) is 17.4. The number of anilines is 2. The maximum atomic E-state index is 12.5. The summed E-state index contributed by atoms with van der Waals surface area (Å²) in [5.74, 6) is 0.775. The van der Waals surface area contributed by atoms with E-state index in [-0.39, 0.29) is 25.0 Å². The van der Waals surface area contributed by atoms with Crippen molar-refractivity contribution >= 4 is 34.8 Å². The lowest BCUT2D eigenvalue weighted by molar-refractivity contribution is -0.121. The van der Waals surface area contributed by atoms with E-state index in [1.165, 1.54) is 5.56 Å². The molecule has 164 valence electrons. The molecule has 32 heavy (non-hydrogen) atoms. The highest BCUT2D eigenvalue weighted by Crippen LogP contribution is 2.34. The van der Waals surface area contributed by atoms with Gasteiger partial charge in [-0.3, -0.25) is 9.59 Å². The Morgan fingerprint density at radius 2 is 1.84 bits per heavy atom. The highest BCUT2D eigenvalue weighted by atomic mass is 35.5. The first-order valence-electron chi connectivity index (χ1n) is 10.4. The third kappa shape index (κ3) is 5.59. The number of hydrogen-bond donors (Lipinski definition) is 1. The summed E-state index contributed by atoms with van der Waals surface area (Å²) in [7, 11) is 0. The first-order valence-corrected chi connectivity index (χ1v) is 10.8. The Balaban J connectivity index is 1.38. The summed E-state index contributed by atoms with van der Waals surface area (Å²) in [6, 6.07) is 22.2. The monoisotopic (exact) mass is 450 g/mol. The average molecular weight is 451 g/mol. The molecule has 0 saturated heterocycles. The maximum Gasteiger partial charge on any atom is 0.265 e. The van der Waals surface area contributed by atoms with Crippen LogP contribution in [0.1, 0.15) is 12.0 Å². The molecule has 3 aromatic rings. The molecule has 7 heteroatoms. The normalized spacial score (nSPS) is 12.7. The molecule has 1 aliphatic heterocycles. The van der Waals surface area contributed by atoms with Crippen molar-refractivity contribution in [2.75, 3.05) is 30.0 Å². The number of fused-ring (bicyclic) bond motifs is 1. The van der Waals surface area contributed by atoms with Crippen LogP contribution in [0.5, 0.6) is 11.5 Å². The van der Waals surface area contributed by atoms with Crippen LogP contribution in [0.3, 0.4) is 0 Å². The number of carbonyl (C=O) groups is 2. The Morgan fingerprint density at radius 3 is 2.62 bits per heavy atom. The summed E-state index contributed by atoms with van der Waals surface area (Å²) < 4.78 is 11.0. The lowest BCUT2D eigenvalue weighted by Crippen LogP contribution is -2.39. The fraction of sp³-hybridized carbons (Fsp3) is 0.200. The lowest BCUT2D eigenvalue weighted by Gasteiger charge is -2.30. The van der Waals surface area contributed by atoms with Gasteiger partial charge >= 0.3 is 0 Å². The van der Waals surface area contributed by atoms with Gasteiger partial charge in [0.1, 0.15) is 11.5 Å². The highest BCUT2D eigenvalue weighted by molar-refractivity contribution is 6.30. The van der Waals surface area contributed by atoms with Gasteiger partial charge in [-0.1, -0.05) is 41.9 Å². The summed E-state index contributed by atoms with van der Waals surface area (Å²) in [4.78, 5) is 26.5. The molecule has 1 N–H and O–H groups in total. The number of carbonyl (C=O) groups excluding carboxylic acids is 2. The van der Waals surface area contributed by atoms with Crippen molar-refractivity contribution in [3.05, 3.63) is 83.4 Å². The first kappa shape index (κ1) is 21.7. The van der Waals surface area contributed by atoms with E-state index in [1.807, 2.05) is 18.2 Å². The number of hydrogen-bond acceptors (Lipinski definition) is 4. The first-order chi connectivity index (χ1) is 15.6. The zero-order chi connectivity index (χ0) is 22.3. The SMILES string of the molecule is O=C(COc1ccc(Cl)cc1)Nc1ccc2c(c1)N(CCCc1ccccc1)C(=O)CO2. The Morgan fingerprint density at radius 1 is 1.06 bits per heavy atom. The predicted molar refractivity (Wildman–Crippen MR) is 125 cm³/mol. The summed E-state index contributed by atoms with van der Waals surface area (Å²) in [5, 5.41) is 3.41. The molecule has 3 aromatic carbocycles. The van der Waals surface area contributed by atoms with E-state index in [1.54, 1.807) is 47.4 Å². The Labute approximate surface area is 191 Å². The van der Waals surface area contributed by atoms with Gasteiger partial charge in [0.05, 0.1) is 5.69 Å². The predicted octanol–water partition coefficient (Wildman–Crippen LogP) is 4.72. The van der Waals surface area contributed by atoms with Crippen molar-refractivity contribution in [3.8, 4) is 11.5 Å². The van der Waals surface area contributed by atoms with E-state index >= 15 is 0 Å². The second kappa shape index (κ2) is 10.2. The molecule has 0 aliphatic carbocycles. The molecule has 0 saturated carbocycles. The molecule has 0 bridgehead atoms. The molecule has 2 amide bonds. The van der Waals surface area contributed by atoms with Gasteiger partial charge < -0.3 is 19.7 Å². The van der Waals surface area contributed by atoms with Crippen molar-refractivity contribution in [2.24, 2.45) is 0 Å². The summed E-state index contributed by atoms with van der Waals surface area (Å²) >= 11 is 5.85. The van der Waals surface area contributed by atoms with Gasteiger partial charge in [-0.15, -0.1) is 0 Å². The number of aryl methyl sites for hydroxylation is 1. The summed E-state index contributed by atoms with van der Waals surface area (Å²) in [6.07, 6.45) is 1.69. The van der Waals surface area contributed by atoms with Crippen LogP contribution >= 0.6 is 11.6 Å². The van der Waals surface area contributed by atoms with Crippen molar-refractivity contribution in [1.29, 1.82) is 0 Å². The van der Waals surface area contributed by atoms with Crippen LogP contribution in [-0.4, -0.2) is 31.6 Å². The van der Waals surface area contributed by atoms with Gasteiger partial charge in [0.2, 0.25) is 0 Å². The number of rotatable bonds is 8. The van der Waals surface area contributed by atoms with Crippen molar-refractivity contribution in [2.45, 2.75) is 12.8 Å². The topological polar surface area (TPSA) is 67.9 Å². The highest BCUT2D eigenvalue weighted by Gasteiger charge is 2.25. The molecule has 0 atom stereocenters. The van der Waals surface area contributed by atoms with E-state index < -0.39 is 0 Å². The van der Waals surface area contributed by atoms with E-state index in [0.29, 0.717) is 34.4 Å². The van der Waals surface area contributed by atoms with E-state index in [0.717, 1.165) is 12.8 Å². The Hall–Kier alpha value is -3.51. The molecule has 4 rings (SSSR count). The van der Waals surface area contributed by atoms with Crippen LogP contribution in [0.15, 0.2) is 72.8 Å². The zero-order valence-corrected chi connectivity index (χ0v) is 18.2. The van der Waals surface area contributed by atoms with Crippen molar-refractivity contribution in [3.63, 3.8) is 0 Å². The third-order valence-corrected chi connectivity index (χ3v) is 5.31.